The van der Waals surface area contributed by atoms with Crippen LogP contribution in [0.3, 0.4) is 0 Å². The molecule has 0 amide bonds. The number of benzene rings is 2. The molecule has 98 valence electrons. The van der Waals surface area contributed by atoms with Crippen molar-refractivity contribution in [1.82, 2.24) is 0 Å². The summed E-state index contributed by atoms with van der Waals surface area (Å²) in [6.07, 6.45) is 0.749. The molecule has 0 fully saturated rings. The normalized spacial score (nSPS) is 10.3. The lowest BCUT2D eigenvalue weighted by Crippen LogP contribution is -2.06. The molecule has 0 heterocycles. The summed E-state index contributed by atoms with van der Waals surface area (Å²) in [5.41, 5.74) is 5.44. The molecule has 19 heavy (non-hydrogen) atoms. The Morgan fingerprint density at radius 2 is 1.68 bits per heavy atom. The molecule has 0 saturated carbocycles. The van der Waals surface area contributed by atoms with Gasteiger partial charge in [0.2, 0.25) is 0 Å². The molecule has 2 aromatic carbocycles. The summed E-state index contributed by atoms with van der Waals surface area (Å²) in [6, 6.07) is 13.9. The Labute approximate surface area is 114 Å². The first-order chi connectivity index (χ1) is 9.13. The molecule has 0 aliphatic rings. The predicted molar refractivity (Wildman–Crippen MR) is 76.5 cm³/mol. The van der Waals surface area contributed by atoms with E-state index in [1.807, 2.05) is 24.3 Å². The van der Waals surface area contributed by atoms with Crippen molar-refractivity contribution in [2.75, 3.05) is 7.11 Å². The second kappa shape index (κ2) is 5.70. The van der Waals surface area contributed by atoms with Crippen LogP contribution in [0.1, 0.15) is 32.6 Å². The van der Waals surface area contributed by atoms with Crippen molar-refractivity contribution in [3.63, 3.8) is 0 Å². The van der Waals surface area contributed by atoms with E-state index in [9.17, 15) is 4.79 Å². The van der Waals surface area contributed by atoms with E-state index in [0.29, 0.717) is 5.56 Å². The number of carbonyl (C=O) groups is 1. The average molecular weight is 254 g/mol. The fraction of sp³-hybridized carbons (Fsp3) is 0.235. The van der Waals surface area contributed by atoms with Crippen LogP contribution in [0.2, 0.25) is 0 Å². The second-order valence-corrected chi connectivity index (χ2v) is 4.68. The van der Waals surface area contributed by atoms with Gasteiger partial charge in [0.15, 0.2) is 0 Å². The van der Waals surface area contributed by atoms with Crippen LogP contribution in [-0.4, -0.2) is 13.1 Å². The summed E-state index contributed by atoms with van der Waals surface area (Å²) in [7, 11) is 1.41. The third-order valence-corrected chi connectivity index (χ3v) is 3.52. The van der Waals surface area contributed by atoms with Gasteiger partial charge in [0.05, 0.1) is 12.7 Å². The maximum absolute atomic E-state index is 11.8. The maximum Gasteiger partial charge on any atom is 0.338 e. The molecule has 0 aromatic heterocycles. The minimum absolute atomic E-state index is 0.277. The highest BCUT2D eigenvalue weighted by atomic mass is 16.5. The van der Waals surface area contributed by atoms with Crippen molar-refractivity contribution in [2.45, 2.75) is 20.3 Å². The fourth-order valence-electron chi connectivity index (χ4n) is 2.19. The average Bonchev–Trinajstić information content (AvgIpc) is 2.43. The summed E-state index contributed by atoms with van der Waals surface area (Å²) in [4.78, 5) is 11.8. The van der Waals surface area contributed by atoms with Crippen molar-refractivity contribution in [2.24, 2.45) is 0 Å². The topological polar surface area (TPSA) is 26.3 Å². The highest BCUT2D eigenvalue weighted by Crippen LogP contribution is 2.19. The largest absolute Gasteiger partial charge is 0.465 e. The molecule has 2 aromatic rings. The molecule has 0 spiro atoms. The van der Waals surface area contributed by atoms with Gasteiger partial charge in [-0.05, 0) is 48.6 Å². The molecule has 2 rings (SSSR count). The molecule has 0 radical (unpaired) electrons. The lowest BCUT2D eigenvalue weighted by molar-refractivity contribution is 0.0599. The molecule has 0 saturated heterocycles. The van der Waals surface area contributed by atoms with Crippen LogP contribution in [0.4, 0.5) is 0 Å². The first-order valence-electron chi connectivity index (χ1n) is 6.34. The zero-order valence-electron chi connectivity index (χ0n) is 11.6. The SMILES string of the molecule is COC(=O)c1ccccc1Cc1cccc(C)c1C. The number of hydrogen-bond donors (Lipinski definition) is 0. The molecule has 0 atom stereocenters. The summed E-state index contributed by atoms with van der Waals surface area (Å²) in [6.45, 7) is 4.22. The Morgan fingerprint density at radius 3 is 2.42 bits per heavy atom. The van der Waals surface area contributed by atoms with Crippen LogP contribution in [0.15, 0.2) is 42.5 Å². The van der Waals surface area contributed by atoms with Gasteiger partial charge in [0.25, 0.3) is 0 Å². The van der Waals surface area contributed by atoms with Crippen LogP contribution < -0.4 is 0 Å². The van der Waals surface area contributed by atoms with Crippen LogP contribution in [0, 0.1) is 13.8 Å². The number of ether oxygens (including phenoxy) is 1. The lowest BCUT2D eigenvalue weighted by atomic mass is 9.95. The highest BCUT2D eigenvalue weighted by molar-refractivity contribution is 5.91. The van der Waals surface area contributed by atoms with Crippen molar-refractivity contribution >= 4 is 5.97 Å². The van der Waals surface area contributed by atoms with Crippen LogP contribution in [0.5, 0.6) is 0 Å². The zero-order chi connectivity index (χ0) is 13.8. The molecular formula is C17H18O2. The molecule has 0 aliphatic heterocycles. The summed E-state index contributed by atoms with van der Waals surface area (Å²) in [5, 5.41) is 0. The summed E-state index contributed by atoms with van der Waals surface area (Å²) < 4.78 is 4.83. The maximum atomic E-state index is 11.8. The first kappa shape index (κ1) is 13.3. The molecule has 0 unspecified atom stereocenters. The number of methoxy groups -OCH3 is 1. The predicted octanol–water partition coefficient (Wildman–Crippen LogP) is 3.68. The van der Waals surface area contributed by atoms with Gasteiger partial charge >= 0.3 is 5.97 Å². The van der Waals surface area contributed by atoms with E-state index < -0.39 is 0 Å². The van der Waals surface area contributed by atoms with Gasteiger partial charge in [-0.1, -0.05) is 36.4 Å². The van der Waals surface area contributed by atoms with Crippen LogP contribution >= 0.6 is 0 Å². The van der Waals surface area contributed by atoms with Crippen molar-refractivity contribution in [1.29, 1.82) is 0 Å². The van der Waals surface area contributed by atoms with Crippen molar-refractivity contribution < 1.29 is 9.53 Å². The van der Waals surface area contributed by atoms with E-state index in [1.54, 1.807) is 0 Å². The van der Waals surface area contributed by atoms with Crippen molar-refractivity contribution in [3.8, 4) is 0 Å². The molecule has 0 bridgehead atoms. The minimum Gasteiger partial charge on any atom is -0.465 e. The smallest absolute Gasteiger partial charge is 0.338 e. The van der Waals surface area contributed by atoms with E-state index in [-0.39, 0.29) is 5.97 Å². The summed E-state index contributed by atoms with van der Waals surface area (Å²) >= 11 is 0. The molecule has 0 aliphatic carbocycles. The number of aryl methyl sites for hydroxylation is 1. The zero-order valence-corrected chi connectivity index (χ0v) is 11.6. The third-order valence-electron chi connectivity index (χ3n) is 3.52. The molecular weight excluding hydrogens is 236 g/mol. The van der Waals surface area contributed by atoms with Gasteiger partial charge in [-0.25, -0.2) is 4.79 Å². The van der Waals surface area contributed by atoms with E-state index in [0.717, 1.165) is 12.0 Å². The Kier molecular flexibility index (Phi) is 4.00. The number of hydrogen-bond acceptors (Lipinski definition) is 2. The van der Waals surface area contributed by atoms with Gasteiger partial charge in [-0.15, -0.1) is 0 Å². The van der Waals surface area contributed by atoms with Gasteiger partial charge in [-0.2, -0.15) is 0 Å². The Bertz CT molecular complexity index is 600. The number of rotatable bonds is 3. The highest BCUT2D eigenvalue weighted by Gasteiger charge is 2.12. The Balaban J connectivity index is 2.39. The minimum atomic E-state index is -0.277. The molecule has 2 nitrogen and oxygen atoms in total. The Hall–Kier alpha value is -2.09. The second-order valence-electron chi connectivity index (χ2n) is 4.68. The number of carbonyl (C=O) groups excluding carboxylic acids is 1. The van der Waals surface area contributed by atoms with E-state index in [2.05, 4.69) is 32.0 Å². The van der Waals surface area contributed by atoms with Gasteiger partial charge < -0.3 is 4.74 Å². The fourth-order valence-corrected chi connectivity index (χ4v) is 2.19. The van der Waals surface area contributed by atoms with Gasteiger partial charge in [0, 0.05) is 0 Å². The van der Waals surface area contributed by atoms with Gasteiger partial charge in [0.1, 0.15) is 0 Å². The van der Waals surface area contributed by atoms with E-state index >= 15 is 0 Å². The standard InChI is InChI=1S/C17H18O2/c1-12-7-6-9-14(13(12)2)11-15-8-4-5-10-16(15)17(18)19-3/h4-10H,11H2,1-3H3. The van der Waals surface area contributed by atoms with E-state index in [1.165, 1.54) is 23.8 Å². The summed E-state index contributed by atoms with van der Waals surface area (Å²) in [5.74, 6) is -0.277. The Morgan fingerprint density at radius 1 is 1.00 bits per heavy atom. The molecule has 0 N–H and O–H groups in total. The van der Waals surface area contributed by atoms with Crippen molar-refractivity contribution in [3.05, 3.63) is 70.3 Å². The molecule has 2 heteroatoms. The van der Waals surface area contributed by atoms with Gasteiger partial charge in [-0.3, -0.25) is 0 Å². The first-order valence-corrected chi connectivity index (χ1v) is 6.34. The third kappa shape index (κ3) is 2.84. The monoisotopic (exact) mass is 254 g/mol. The number of esters is 1. The van der Waals surface area contributed by atoms with E-state index in [4.69, 9.17) is 4.74 Å². The quantitative estimate of drug-likeness (QED) is 0.781. The van der Waals surface area contributed by atoms with Crippen LogP contribution in [-0.2, 0) is 11.2 Å². The van der Waals surface area contributed by atoms with Crippen LogP contribution in [0.25, 0.3) is 0 Å². The lowest BCUT2D eigenvalue weighted by Gasteiger charge is -2.11.